The van der Waals surface area contributed by atoms with Gasteiger partial charge in [-0.05, 0) is 6.42 Å². The predicted octanol–water partition coefficient (Wildman–Crippen LogP) is -3.47. The normalized spacial score (nSPS) is 16.1. The number of aliphatic hydroxyl groups excluding tert-OH is 5. The number of hydrogen-bond donors (Lipinski definition) is 5. The molecule has 0 radical (unpaired) electrons. The Morgan fingerprint density at radius 3 is 2.00 bits per heavy atom. The van der Waals surface area contributed by atoms with E-state index in [0.717, 1.165) is 25.7 Å². The molecule has 0 unspecified atom stereocenters. The Bertz CT molecular complexity index is 315. The molecule has 0 aliphatic rings. The number of hydrogen-bond acceptors (Lipinski definition) is 7. The summed E-state index contributed by atoms with van der Waals surface area (Å²) in [4.78, 5) is 1.60. The van der Waals surface area contributed by atoms with Crippen LogP contribution in [0.3, 0.4) is 0 Å². The van der Waals surface area contributed by atoms with Crippen LogP contribution in [0, 0.1) is 0 Å². The molecule has 23 heavy (non-hydrogen) atoms. The Morgan fingerprint density at radius 2 is 1.52 bits per heavy atom. The second kappa shape index (κ2) is 15.2. The number of unbranched alkanes of at least 4 members (excludes halogenated alkanes) is 4. The van der Waals surface area contributed by atoms with Crippen LogP contribution in [0.5, 0.6) is 0 Å². The van der Waals surface area contributed by atoms with Crippen molar-refractivity contribution in [3.63, 3.8) is 0 Å². The molecule has 0 bridgehead atoms. The van der Waals surface area contributed by atoms with Crippen LogP contribution >= 0.6 is 12.2 Å². The Balaban J connectivity index is 0. The maximum absolute atomic E-state index is 9.94. The minimum absolute atomic E-state index is 0. The summed E-state index contributed by atoms with van der Waals surface area (Å²) in [7, 11) is 0. The quantitative estimate of drug-likeness (QED) is 0.103. The summed E-state index contributed by atoms with van der Waals surface area (Å²) in [5.41, 5.74) is 0. The smallest absolute Gasteiger partial charge is 0.411 e. The van der Waals surface area contributed by atoms with Crippen molar-refractivity contribution < 1.29 is 55.1 Å². The molecule has 0 aromatic rings. The van der Waals surface area contributed by atoms with Crippen LogP contribution in [0.1, 0.15) is 39.0 Å². The maximum atomic E-state index is 9.94. The molecule has 5 N–H and O–H groups in total. The zero-order chi connectivity index (χ0) is 17.1. The first-order valence-electron chi connectivity index (χ1n) is 7.64. The summed E-state index contributed by atoms with van der Waals surface area (Å²) >= 11 is 9.92. The van der Waals surface area contributed by atoms with Gasteiger partial charge in [0.15, 0.2) is 0 Å². The van der Waals surface area contributed by atoms with Crippen LogP contribution in [0.25, 0.3) is 0 Å². The van der Waals surface area contributed by atoms with Crippen LogP contribution in [-0.4, -0.2) is 78.9 Å². The summed E-state index contributed by atoms with van der Waals surface area (Å²) in [6.45, 7) is 1.99. The van der Waals surface area contributed by atoms with Gasteiger partial charge in [-0.15, -0.1) is 0 Å². The fourth-order valence-corrected chi connectivity index (χ4v) is 2.39. The molecule has 0 fully saturated rings. The first-order chi connectivity index (χ1) is 10.3. The molecule has 0 aromatic carbocycles. The summed E-state index contributed by atoms with van der Waals surface area (Å²) in [6, 6.07) is 0. The maximum Gasteiger partial charge on any atom is 1.00 e. The number of thiocarbonyl (C=S) groups is 1. The van der Waals surface area contributed by atoms with Crippen LogP contribution in [0.15, 0.2) is 0 Å². The van der Waals surface area contributed by atoms with Crippen molar-refractivity contribution in [3.05, 3.63) is 0 Å². The van der Waals surface area contributed by atoms with Crippen molar-refractivity contribution in [2.24, 2.45) is 0 Å². The second-order valence-corrected chi connectivity index (χ2v) is 6.46. The van der Waals surface area contributed by atoms with E-state index in [4.69, 9.17) is 30.0 Å². The van der Waals surface area contributed by atoms with Gasteiger partial charge in [0, 0.05) is 13.1 Å². The van der Waals surface area contributed by atoms with Crippen molar-refractivity contribution in [2.75, 3.05) is 19.7 Å². The predicted molar refractivity (Wildman–Crippen MR) is 91.4 cm³/mol. The standard InChI is InChI=1S/C14H29NO5S2.Na/c1-2-3-4-5-6-7-15(14(21)22)8-10(17)12(19)13(20)11(18)9-16;/h10-13,16-20H,2-9H2,1H3,(H,21,22);/q;+1/p-1/t10-,11+,12+,13+;/m0./s1. The van der Waals surface area contributed by atoms with Gasteiger partial charge in [-0.2, -0.15) is 0 Å². The van der Waals surface area contributed by atoms with E-state index in [0.29, 0.717) is 6.54 Å². The number of rotatable bonds is 12. The molecule has 0 amide bonds. The minimum Gasteiger partial charge on any atom is -0.411 e. The fraction of sp³-hybridized carbons (Fsp3) is 0.929. The monoisotopic (exact) mass is 377 g/mol. The van der Waals surface area contributed by atoms with Crippen LogP contribution in [-0.2, 0) is 12.6 Å². The van der Waals surface area contributed by atoms with Gasteiger partial charge >= 0.3 is 29.6 Å². The van der Waals surface area contributed by atoms with E-state index in [-0.39, 0.29) is 40.4 Å². The third-order valence-corrected chi connectivity index (χ3v) is 4.04. The van der Waals surface area contributed by atoms with E-state index < -0.39 is 31.0 Å². The molecular formula is C14H28NNaO5S2. The van der Waals surface area contributed by atoms with Crippen molar-refractivity contribution >= 4 is 29.2 Å². The molecule has 0 aromatic heterocycles. The van der Waals surface area contributed by atoms with Gasteiger partial charge in [0.2, 0.25) is 0 Å². The van der Waals surface area contributed by atoms with E-state index >= 15 is 0 Å². The summed E-state index contributed by atoms with van der Waals surface area (Å²) in [5.74, 6) is 0. The van der Waals surface area contributed by atoms with Crippen LogP contribution < -0.4 is 29.6 Å². The molecule has 0 spiro atoms. The molecule has 6 nitrogen and oxygen atoms in total. The molecule has 0 rings (SSSR count). The molecule has 4 atom stereocenters. The zero-order valence-electron chi connectivity index (χ0n) is 14.0. The Labute approximate surface area is 171 Å². The van der Waals surface area contributed by atoms with Gasteiger partial charge in [0.1, 0.15) is 18.3 Å². The molecule has 132 valence electrons. The molecule has 0 heterocycles. The van der Waals surface area contributed by atoms with Crippen LogP contribution in [0.2, 0.25) is 0 Å². The van der Waals surface area contributed by atoms with E-state index in [1.807, 2.05) is 0 Å². The van der Waals surface area contributed by atoms with E-state index in [2.05, 4.69) is 6.92 Å². The van der Waals surface area contributed by atoms with E-state index in [1.54, 1.807) is 4.90 Å². The molecule has 0 saturated heterocycles. The fourth-order valence-electron chi connectivity index (χ4n) is 2.06. The van der Waals surface area contributed by atoms with Gasteiger partial charge in [0.25, 0.3) is 0 Å². The molecular weight excluding hydrogens is 349 g/mol. The van der Waals surface area contributed by atoms with E-state index in [1.165, 1.54) is 6.42 Å². The third-order valence-electron chi connectivity index (χ3n) is 3.52. The average molecular weight is 378 g/mol. The zero-order valence-corrected chi connectivity index (χ0v) is 17.6. The average Bonchev–Trinajstić information content (AvgIpc) is 2.50. The van der Waals surface area contributed by atoms with E-state index in [9.17, 15) is 20.4 Å². The molecule has 0 aliphatic carbocycles. The largest absolute Gasteiger partial charge is 1.00 e. The Hall–Kier alpha value is 0.910. The second-order valence-electron chi connectivity index (χ2n) is 5.42. The molecule has 0 aliphatic heterocycles. The van der Waals surface area contributed by atoms with Crippen molar-refractivity contribution in [1.29, 1.82) is 0 Å². The first kappa shape index (κ1) is 26.1. The summed E-state index contributed by atoms with van der Waals surface area (Å²) < 4.78 is 0.193. The van der Waals surface area contributed by atoms with Crippen molar-refractivity contribution in [1.82, 2.24) is 4.90 Å². The number of aliphatic hydroxyl groups is 5. The van der Waals surface area contributed by atoms with Gasteiger partial charge < -0.3 is 55.3 Å². The third kappa shape index (κ3) is 11.2. The van der Waals surface area contributed by atoms with Crippen LogP contribution in [0.4, 0.5) is 0 Å². The minimum atomic E-state index is -1.63. The van der Waals surface area contributed by atoms with Gasteiger partial charge in [-0.3, -0.25) is 0 Å². The molecule has 0 saturated carbocycles. The molecule has 9 heteroatoms. The summed E-state index contributed by atoms with van der Waals surface area (Å²) in [5, 5.41) is 47.3. The van der Waals surface area contributed by atoms with Gasteiger partial charge in [-0.25, -0.2) is 0 Å². The summed E-state index contributed by atoms with van der Waals surface area (Å²) in [6.07, 6.45) is -0.700. The Morgan fingerprint density at radius 1 is 1.00 bits per heavy atom. The Kier molecular flexibility index (Phi) is 17.3. The van der Waals surface area contributed by atoms with Gasteiger partial charge in [-0.1, -0.05) is 36.9 Å². The first-order valence-corrected chi connectivity index (χ1v) is 8.45. The van der Waals surface area contributed by atoms with Crippen molar-refractivity contribution in [3.8, 4) is 0 Å². The SMILES string of the molecule is CCCCCCCN(C[C@H](O)[C@@H](O)[C@H](O)[C@H](O)CO)C(=S)[S-].[Na+]. The van der Waals surface area contributed by atoms with Crippen molar-refractivity contribution in [2.45, 2.75) is 63.4 Å². The number of nitrogens with zero attached hydrogens (tertiary/aromatic N) is 1. The topological polar surface area (TPSA) is 104 Å². The van der Waals surface area contributed by atoms with Gasteiger partial charge in [0.05, 0.1) is 12.7 Å².